The highest BCUT2D eigenvalue weighted by molar-refractivity contribution is 5.62. The second kappa shape index (κ2) is 6.67. The van der Waals surface area contributed by atoms with Crippen molar-refractivity contribution >= 4 is 0 Å². The number of hydrogen-bond acceptors (Lipinski definition) is 5. The van der Waals surface area contributed by atoms with Crippen LogP contribution in [0.5, 0.6) is 17.2 Å². The number of benzene rings is 2. The molecule has 0 saturated heterocycles. The van der Waals surface area contributed by atoms with E-state index in [4.69, 9.17) is 9.47 Å². The van der Waals surface area contributed by atoms with Gasteiger partial charge in [0.25, 0.3) is 0 Å². The van der Waals surface area contributed by atoms with Gasteiger partial charge in [0.15, 0.2) is 23.1 Å². The van der Waals surface area contributed by atoms with Gasteiger partial charge in [-0.15, -0.1) is 0 Å². The van der Waals surface area contributed by atoms with Gasteiger partial charge in [-0.25, -0.2) is 4.39 Å². The summed E-state index contributed by atoms with van der Waals surface area (Å²) in [6.07, 6.45) is 0.167. The maximum Gasteiger partial charge on any atom is 0.176 e. The molecule has 1 N–H and O–H groups in total. The lowest BCUT2D eigenvalue weighted by Crippen LogP contribution is -2.00. The molecule has 116 valence electrons. The summed E-state index contributed by atoms with van der Waals surface area (Å²) in [6.45, 7) is 0. The third-order valence-corrected chi connectivity index (χ3v) is 3.42. The number of hydrogen-bond donors (Lipinski definition) is 1. The van der Waals surface area contributed by atoms with E-state index in [0.717, 1.165) is 0 Å². The van der Waals surface area contributed by atoms with Crippen LogP contribution in [0.3, 0.4) is 0 Å². The van der Waals surface area contributed by atoms with E-state index in [-0.39, 0.29) is 34.8 Å². The van der Waals surface area contributed by atoms with Crippen molar-refractivity contribution in [2.24, 2.45) is 0 Å². The molecule has 0 radical (unpaired) electrons. The van der Waals surface area contributed by atoms with Gasteiger partial charge in [0.2, 0.25) is 0 Å². The summed E-state index contributed by atoms with van der Waals surface area (Å²) >= 11 is 0. The zero-order valence-electron chi connectivity index (χ0n) is 12.6. The number of nitrogens with zero attached hydrogens (tertiary/aromatic N) is 2. The molecule has 0 heterocycles. The van der Waals surface area contributed by atoms with Gasteiger partial charge in [0.05, 0.1) is 25.9 Å². The molecule has 0 aliphatic heterocycles. The maximum atomic E-state index is 13.5. The number of rotatable bonds is 4. The van der Waals surface area contributed by atoms with E-state index in [1.807, 2.05) is 12.1 Å². The van der Waals surface area contributed by atoms with Crippen LogP contribution in [0, 0.1) is 28.5 Å². The molecule has 2 aromatic carbocycles. The number of methoxy groups -OCH3 is 2. The number of aromatic hydroxyl groups is 1. The second-order valence-corrected chi connectivity index (χ2v) is 4.70. The van der Waals surface area contributed by atoms with E-state index >= 15 is 0 Å². The third-order valence-electron chi connectivity index (χ3n) is 3.42. The SMILES string of the molecule is COc1cc(Cc2c(C#N)cc(OC)c(O)c2C#N)ccc1F. The van der Waals surface area contributed by atoms with Gasteiger partial charge < -0.3 is 14.6 Å². The van der Waals surface area contributed by atoms with Crippen molar-refractivity contribution in [1.29, 1.82) is 10.5 Å². The van der Waals surface area contributed by atoms with Crippen molar-refractivity contribution in [3.8, 4) is 29.4 Å². The molecule has 0 spiro atoms. The standard InChI is InChI=1S/C17H13FN2O3/c1-22-15-6-10(3-4-14(15)18)5-12-11(8-19)7-16(23-2)17(21)13(12)9-20/h3-4,6-7,21H,5H2,1-2H3. The highest BCUT2D eigenvalue weighted by Crippen LogP contribution is 2.35. The number of phenolic OH excluding ortho intramolecular Hbond substituents is 1. The number of ether oxygens (including phenoxy) is 2. The number of phenols is 1. The van der Waals surface area contributed by atoms with Crippen LogP contribution in [0.4, 0.5) is 4.39 Å². The first-order valence-electron chi connectivity index (χ1n) is 6.61. The first kappa shape index (κ1) is 16.1. The zero-order valence-corrected chi connectivity index (χ0v) is 12.6. The van der Waals surface area contributed by atoms with Crippen molar-refractivity contribution in [1.82, 2.24) is 0 Å². The fourth-order valence-corrected chi connectivity index (χ4v) is 2.27. The molecule has 2 rings (SSSR count). The molecule has 5 nitrogen and oxygen atoms in total. The lowest BCUT2D eigenvalue weighted by molar-refractivity contribution is 0.372. The lowest BCUT2D eigenvalue weighted by Gasteiger charge is -2.12. The normalized spacial score (nSPS) is 9.78. The molecular weight excluding hydrogens is 299 g/mol. The Labute approximate surface area is 132 Å². The van der Waals surface area contributed by atoms with Crippen LogP contribution in [0.2, 0.25) is 0 Å². The summed E-state index contributed by atoms with van der Waals surface area (Å²) in [5.41, 5.74) is 1.16. The summed E-state index contributed by atoms with van der Waals surface area (Å²) in [7, 11) is 2.69. The van der Waals surface area contributed by atoms with Gasteiger partial charge in [0.1, 0.15) is 11.6 Å². The molecule has 6 heteroatoms. The predicted molar refractivity (Wildman–Crippen MR) is 79.8 cm³/mol. The monoisotopic (exact) mass is 312 g/mol. The summed E-state index contributed by atoms with van der Waals surface area (Å²) < 4.78 is 23.4. The Morgan fingerprint density at radius 2 is 1.78 bits per heavy atom. The van der Waals surface area contributed by atoms with E-state index in [1.54, 1.807) is 0 Å². The number of halogens is 1. The Bertz CT molecular complexity index is 835. The average molecular weight is 312 g/mol. The smallest absolute Gasteiger partial charge is 0.176 e. The third kappa shape index (κ3) is 3.02. The fraction of sp³-hybridized carbons (Fsp3) is 0.176. The van der Waals surface area contributed by atoms with Gasteiger partial charge in [-0.05, 0) is 23.3 Å². The van der Waals surface area contributed by atoms with Crippen LogP contribution in [0.15, 0.2) is 24.3 Å². The molecule has 0 unspecified atom stereocenters. The van der Waals surface area contributed by atoms with Crippen molar-refractivity contribution in [3.63, 3.8) is 0 Å². The van der Waals surface area contributed by atoms with Crippen molar-refractivity contribution < 1.29 is 19.0 Å². The molecule has 0 bridgehead atoms. The molecule has 0 aliphatic carbocycles. The Morgan fingerprint density at radius 3 is 2.35 bits per heavy atom. The highest BCUT2D eigenvalue weighted by atomic mass is 19.1. The Kier molecular flexibility index (Phi) is 4.68. The van der Waals surface area contributed by atoms with Crippen molar-refractivity contribution in [2.45, 2.75) is 6.42 Å². The molecule has 23 heavy (non-hydrogen) atoms. The van der Waals surface area contributed by atoms with Crippen LogP contribution in [-0.4, -0.2) is 19.3 Å². The summed E-state index contributed by atoms with van der Waals surface area (Å²) in [5, 5.41) is 28.7. The number of nitriles is 2. The lowest BCUT2D eigenvalue weighted by atomic mass is 9.94. The quantitative estimate of drug-likeness (QED) is 0.938. The van der Waals surface area contributed by atoms with E-state index in [9.17, 15) is 20.0 Å². The van der Waals surface area contributed by atoms with E-state index < -0.39 is 5.82 Å². The van der Waals surface area contributed by atoms with Crippen LogP contribution in [0.25, 0.3) is 0 Å². The Balaban J connectivity index is 2.58. The first-order chi connectivity index (χ1) is 11.0. The van der Waals surface area contributed by atoms with Gasteiger partial charge in [0, 0.05) is 12.5 Å². The molecule has 2 aromatic rings. The van der Waals surface area contributed by atoms with Crippen LogP contribution in [-0.2, 0) is 6.42 Å². The van der Waals surface area contributed by atoms with Gasteiger partial charge >= 0.3 is 0 Å². The minimum absolute atomic E-state index is 0.0378. The van der Waals surface area contributed by atoms with Crippen molar-refractivity contribution in [3.05, 3.63) is 52.3 Å². The molecule has 0 atom stereocenters. The van der Waals surface area contributed by atoms with Crippen LogP contribution >= 0.6 is 0 Å². The van der Waals surface area contributed by atoms with E-state index in [2.05, 4.69) is 0 Å². The van der Waals surface area contributed by atoms with Gasteiger partial charge in [-0.1, -0.05) is 6.07 Å². The van der Waals surface area contributed by atoms with Gasteiger partial charge in [-0.3, -0.25) is 0 Å². The largest absolute Gasteiger partial charge is 0.503 e. The van der Waals surface area contributed by atoms with Crippen LogP contribution in [0.1, 0.15) is 22.3 Å². The maximum absolute atomic E-state index is 13.5. The summed E-state index contributed by atoms with van der Waals surface area (Å²) in [4.78, 5) is 0. The Morgan fingerprint density at radius 1 is 1.09 bits per heavy atom. The average Bonchev–Trinajstić information content (AvgIpc) is 2.57. The van der Waals surface area contributed by atoms with E-state index in [1.165, 1.54) is 38.5 Å². The topological polar surface area (TPSA) is 86.3 Å². The Hall–Kier alpha value is -3.25. The molecule has 0 fully saturated rings. The minimum atomic E-state index is -0.505. The van der Waals surface area contributed by atoms with Crippen molar-refractivity contribution in [2.75, 3.05) is 14.2 Å². The highest BCUT2D eigenvalue weighted by Gasteiger charge is 2.19. The van der Waals surface area contributed by atoms with Crippen LogP contribution < -0.4 is 9.47 Å². The second-order valence-electron chi connectivity index (χ2n) is 4.70. The van der Waals surface area contributed by atoms with Gasteiger partial charge in [-0.2, -0.15) is 10.5 Å². The minimum Gasteiger partial charge on any atom is -0.503 e. The summed E-state index contributed by atoms with van der Waals surface area (Å²) in [6, 6.07) is 9.50. The summed E-state index contributed by atoms with van der Waals surface area (Å²) in [5.74, 6) is -0.705. The molecule has 0 amide bonds. The fourth-order valence-electron chi connectivity index (χ4n) is 2.27. The molecule has 0 aliphatic rings. The zero-order chi connectivity index (χ0) is 17.0. The van der Waals surface area contributed by atoms with E-state index in [0.29, 0.717) is 11.1 Å². The molecular formula is C17H13FN2O3. The predicted octanol–water partition coefficient (Wildman–Crippen LogP) is 2.88. The molecule has 0 saturated carbocycles. The molecule has 0 aromatic heterocycles. The first-order valence-corrected chi connectivity index (χ1v) is 6.61.